The molecule has 4 rings (SSSR count). The zero-order valence-electron chi connectivity index (χ0n) is 18.5. The quantitative estimate of drug-likeness (QED) is 0.103. The monoisotopic (exact) mass is 552 g/mol. The Kier molecular flexibility index (Phi) is 8.89. The lowest BCUT2D eigenvalue weighted by atomic mass is 9.85. The molecule has 3 N–H and O–H groups in total. The van der Waals surface area contributed by atoms with Crippen LogP contribution in [0.15, 0.2) is 41.5 Å². The van der Waals surface area contributed by atoms with E-state index in [1.165, 1.54) is 4.90 Å². The van der Waals surface area contributed by atoms with Crippen LogP contribution in [0.5, 0.6) is 0 Å². The molecular weight excluding hydrogens is 519 g/mol. The molecule has 8 nitrogen and oxygen atoms in total. The number of anilines is 1. The Morgan fingerprint density at radius 1 is 1.09 bits per heavy atom. The number of nitrogens with one attached hydrogen (secondary N) is 3. The number of hydrogen-bond donors (Lipinski definition) is 3. The van der Waals surface area contributed by atoms with Crippen LogP contribution >= 0.6 is 24.0 Å². The first-order valence-electron chi connectivity index (χ1n) is 11.4. The van der Waals surface area contributed by atoms with Gasteiger partial charge in [-0.2, -0.15) is 0 Å². The molecule has 0 aromatic carbocycles. The van der Waals surface area contributed by atoms with Gasteiger partial charge in [-0.25, -0.2) is 4.98 Å². The Hall–Kier alpha value is -2.17. The minimum Gasteiger partial charge on any atom is -0.370 e. The molecule has 1 saturated carbocycles. The first-order chi connectivity index (χ1) is 15.2. The number of rotatable bonds is 10. The molecule has 1 aromatic rings. The summed E-state index contributed by atoms with van der Waals surface area (Å²) in [6.07, 6.45) is 8.94. The van der Waals surface area contributed by atoms with Crippen LogP contribution in [0.2, 0.25) is 0 Å². The predicted octanol–water partition coefficient (Wildman–Crippen LogP) is 2.25. The highest BCUT2D eigenvalue weighted by Crippen LogP contribution is 2.52. The lowest BCUT2D eigenvalue weighted by Gasteiger charge is -2.18. The first-order valence-corrected chi connectivity index (χ1v) is 11.4. The molecule has 2 aliphatic carbocycles. The van der Waals surface area contributed by atoms with E-state index in [0.29, 0.717) is 19.6 Å². The molecule has 174 valence electrons. The van der Waals surface area contributed by atoms with E-state index in [1.54, 1.807) is 6.20 Å². The normalized spacial score (nSPS) is 25.7. The molecule has 2 heterocycles. The van der Waals surface area contributed by atoms with Crippen molar-refractivity contribution in [3.63, 3.8) is 0 Å². The number of likely N-dealkylation sites (tertiary alicyclic amines) is 1. The van der Waals surface area contributed by atoms with Gasteiger partial charge in [-0.05, 0) is 50.2 Å². The van der Waals surface area contributed by atoms with Crippen LogP contribution in [-0.4, -0.2) is 60.4 Å². The van der Waals surface area contributed by atoms with E-state index in [2.05, 4.69) is 38.1 Å². The highest BCUT2D eigenvalue weighted by molar-refractivity contribution is 14.0. The summed E-state index contributed by atoms with van der Waals surface area (Å²) >= 11 is 0. The molecule has 2 amide bonds. The molecule has 2 bridgehead atoms. The van der Waals surface area contributed by atoms with Crippen LogP contribution in [-0.2, 0) is 9.59 Å². The molecule has 0 spiro atoms. The third-order valence-electron chi connectivity index (χ3n) is 6.36. The van der Waals surface area contributed by atoms with Crippen LogP contribution in [0.1, 0.15) is 26.2 Å². The number of guanidine groups is 1. The van der Waals surface area contributed by atoms with E-state index < -0.39 is 0 Å². The zero-order chi connectivity index (χ0) is 21.6. The minimum atomic E-state index is -0.121. The summed E-state index contributed by atoms with van der Waals surface area (Å²) in [5, 5.41) is 9.78. The summed E-state index contributed by atoms with van der Waals surface area (Å²) in [4.78, 5) is 35.8. The van der Waals surface area contributed by atoms with Gasteiger partial charge in [0, 0.05) is 38.9 Å². The van der Waals surface area contributed by atoms with Gasteiger partial charge in [0.05, 0.1) is 11.8 Å². The standard InChI is InChI=1S/C23H32N6O2.HI/c1-2-24-23(27-12-6-5-11-26-18-7-3-4-10-25-18)28-13-14-29-21(30)19-16-8-9-17(15-16)20(19)22(29)31;/h3-4,7-10,16-17,19-20H,2,5-6,11-15H2,1H3,(H,25,26)(H2,24,27,28);1H. The number of carbonyl (C=O) groups excluding carboxylic acids is 2. The second-order valence-electron chi connectivity index (χ2n) is 8.36. The maximum absolute atomic E-state index is 12.8. The fourth-order valence-electron chi connectivity index (χ4n) is 4.92. The third kappa shape index (κ3) is 5.41. The van der Waals surface area contributed by atoms with Crippen molar-refractivity contribution >= 4 is 47.6 Å². The molecule has 32 heavy (non-hydrogen) atoms. The van der Waals surface area contributed by atoms with E-state index in [0.717, 1.165) is 44.1 Å². The topological polar surface area (TPSA) is 98.7 Å². The van der Waals surface area contributed by atoms with E-state index in [1.807, 2.05) is 25.1 Å². The van der Waals surface area contributed by atoms with E-state index >= 15 is 0 Å². The van der Waals surface area contributed by atoms with Crippen molar-refractivity contribution in [2.75, 3.05) is 38.0 Å². The number of aromatic nitrogens is 1. The van der Waals surface area contributed by atoms with Gasteiger partial charge in [-0.1, -0.05) is 18.2 Å². The van der Waals surface area contributed by atoms with E-state index in [4.69, 9.17) is 0 Å². The number of hydrogen-bond acceptors (Lipinski definition) is 5. The predicted molar refractivity (Wildman–Crippen MR) is 136 cm³/mol. The average molecular weight is 552 g/mol. The second kappa shape index (κ2) is 11.6. The summed E-state index contributed by atoms with van der Waals surface area (Å²) in [7, 11) is 0. The van der Waals surface area contributed by atoms with Gasteiger partial charge in [0.25, 0.3) is 0 Å². The van der Waals surface area contributed by atoms with E-state index in [-0.39, 0.29) is 59.5 Å². The number of aliphatic imine (C=N–C) groups is 1. The number of pyridine rings is 1. The summed E-state index contributed by atoms with van der Waals surface area (Å²) in [5.41, 5.74) is 0. The fourth-order valence-corrected chi connectivity index (χ4v) is 4.92. The molecule has 1 aromatic heterocycles. The molecule has 4 atom stereocenters. The van der Waals surface area contributed by atoms with Gasteiger partial charge < -0.3 is 16.0 Å². The fraction of sp³-hybridized carbons (Fsp3) is 0.565. The lowest BCUT2D eigenvalue weighted by molar-refractivity contribution is -0.140. The van der Waals surface area contributed by atoms with Gasteiger partial charge in [0.2, 0.25) is 11.8 Å². The number of unbranched alkanes of at least 4 members (excludes halogenated alkanes) is 1. The maximum atomic E-state index is 12.8. The number of carbonyl (C=O) groups is 2. The van der Waals surface area contributed by atoms with Crippen molar-refractivity contribution in [1.29, 1.82) is 0 Å². The molecule has 1 aliphatic heterocycles. The van der Waals surface area contributed by atoms with Crippen molar-refractivity contribution in [3.05, 3.63) is 36.5 Å². The number of allylic oxidation sites excluding steroid dienone is 2. The number of fused-ring (bicyclic) bond motifs is 5. The third-order valence-corrected chi connectivity index (χ3v) is 6.36. The van der Waals surface area contributed by atoms with Crippen LogP contribution in [0.4, 0.5) is 5.82 Å². The van der Waals surface area contributed by atoms with Crippen molar-refractivity contribution < 1.29 is 9.59 Å². The molecule has 9 heteroatoms. The van der Waals surface area contributed by atoms with Crippen molar-refractivity contribution in [2.45, 2.75) is 26.2 Å². The summed E-state index contributed by atoms with van der Waals surface area (Å²) in [6.45, 7) is 5.24. The Morgan fingerprint density at radius 2 is 1.84 bits per heavy atom. The number of nitrogens with zero attached hydrogens (tertiary/aromatic N) is 3. The first kappa shape index (κ1) is 24.5. The Labute approximate surface area is 206 Å². The molecule has 3 aliphatic rings. The van der Waals surface area contributed by atoms with Crippen LogP contribution < -0.4 is 16.0 Å². The van der Waals surface area contributed by atoms with Crippen molar-refractivity contribution in [2.24, 2.45) is 28.7 Å². The van der Waals surface area contributed by atoms with E-state index in [9.17, 15) is 9.59 Å². The zero-order valence-corrected chi connectivity index (χ0v) is 20.8. The van der Waals surface area contributed by atoms with Gasteiger partial charge in [-0.3, -0.25) is 19.5 Å². The molecular formula is C23H33IN6O2. The highest BCUT2D eigenvalue weighted by Gasteiger charge is 2.58. The molecule has 2 fully saturated rings. The van der Waals surface area contributed by atoms with Crippen molar-refractivity contribution in [1.82, 2.24) is 20.5 Å². The Morgan fingerprint density at radius 3 is 2.50 bits per heavy atom. The van der Waals surface area contributed by atoms with Crippen LogP contribution in [0, 0.1) is 23.7 Å². The lowest BCUT2D eigenvalue weighted by Crippen LogP contribution is -2.43. The highest BCUT2D eigenvalue weighted by atomic mass is 127. The Balaban J connectivity index is 0.00000289. The molecule has 4 unspecified atom stereocenters. The van der Waals surface area contributed by atoms with Crippen molar-refractivity contribution in [3.8, 4) is 0 Å². The van der Waals surface area contributed by atoms with Gasteiger partial charge in [0.1, 0.15) is 5.82 Å². The summed E-state index contributed by atoms with van der Waals surface area (Å²) < 4.78 is 0. The maximum Gasteiger partial charge on any atom is 0.233 e. The Bertz CT molecular complexity index is 816. The van der Waals surface area contributed by atoms with Gasteiger partial charge >= 0.3 is 0 Å². The molecule has 0 radical (unpaired) electrons. The summed E-state index contributed by atoms with van der Waals surface area (Å²) in [5.74, 6) is 1.91. The largest absolute Gasteiger partial charge is 0.370 e. The molecule has 1 saturated heterocycles. The number of amides is 2. The van der Waals surface area contributed by atoms with Gasteiger partial charge in [-0.15, -0.1) is 24.0 Å². The minimum absolute atomic E-state index is 0. The second-order valence-corrected chi connectivity index (χ2v) is 8.36. The number of imide groups is 1. The number of halogens is 1. The van der Waals surface area contributed by atoms with Crippen LogP contribution in [0.3, 0.4) is 0 Å². The summed E-state index contributed by atoms with van der Waals surface area (Å²) in [6, 6.07) is 5.82. The SMILES string of the molecule is CCNC(=NCCCCNc1ccccn1)NCCN1C(=O)C2C3C=CC(C3)C2C1=O.I. The smallest absolute Gasteiger partial charge is 0.233 e. The average Bonchev–Trinajstić information content (AvgIpc) is 3.46. The van der Waals surface area contributed by atoms with Gasteiger partial charge in [0.15, 0.2) is 5.96 Å². The van der Waals surface area contributed by atoms with Crippen LogP contribution in [0.25, 0.3) is 0 Å².